The van der Waals surface area contributed by atoms with Gasteiger partial charge in [-0.3, -0.25) is 9.69 Å². The quantitative estimate of drug-likeness (QED) is 0.753. The number of hydrogen-bond donors (Lipinski definition) is 2. The Morgan fingerprint density at radius 3 is 2.60 bits per heavy atom. The number of carbonyl (C=O) groups is 1. The summed E-state index contributed by atoms with van der Waals surface area (Å²) in [7, 11) is 0. The molecule has 0 aromatic heterocycles. The molecule has 20 heavy (non-hydrogen) atoms. The van der Waals surface area contributed by atoms with Crippen LogP contribution in [-0.2, 0) is 4.79 Å². The van der Waals surface area contributed by atoms with E-state index in [0.29, 0.717) is 12.0 Å². The molecule has 0 radical (unpaired) electrons. The molecule has 118 valence electrons. The zero-order valence-corrected chi connectivity index (χ0v) is 13.6. The highest BCUT2D eigenvalue weighted by atomic mass is 16.3. The number of hydrogen-bond acceptors (Lipinski definition) is 3. The fraction of sp³-hybridized carbons (Fsp3) is 0.938. The summed E-state index contributed by atoms with van der Waals surface area (Å²) in [5, 5.41) is 12.7. The maximum absolute atomic E-state index is 12.2. The minimum Gasteiger partial charge on any atom is -0.393 e. The molecular formula is C16H32N2O2. The van der Waals surface area contributed by atoms with Gasteiger partial charge in [0.15, 0.2) is 0 Å². The lowest BCUT2D eigenvalue weighted by molar-refractivity contribution is -0.127. The van der Waals surface area contributed by atoms with E-state index in [1.165, 1.54) is 6.42 Å². The Bertz CT molecular complexity index is 292. The largest absolute Gasteiger partial charge is 0.393 e. The van der Waals surface area contributed by atoms with E-state index in [1.807, 2.05) is 13.8 Å². The van der Waals surface area contributed by atoms with E-state index in [9.17, 15) is 9.90 Å². The van der Waals surface area contributed by atoms with Crippen LogP contribution in [0.1, 0.15) is 59.8 Å². The van der Waals surface area contributed by atoms with Crippen LogP contribution in [0.15, 0.2) is 0 Å². The lowest BCUT2D eigenvalue weighted by atomic mass is 9.95. The Balaban J connectivity index is 2.49. The molecule has 1 heterocycles. The van der Waals surface area contributed by atoms with Crippen molar-refractivity contribution in [2.24, 2.45) is 5.92 Å². The number of carbonyl (C=O) groups excluding carboxylic acids is 1. The predicted octanol–water partition coefficient (Wildman–Crippen LogP) is 2.16. The normalized spacial score (nSPS) is 23.6. The second-order valence-corrected chi connectivity index (χ2v) is 6.62. The third kappa shape index (κ3) is 5.80. The van der Waals surface area contributed by atoms with Crippen LogP contribution >= 0.6 is 0 Å². The zero-order chi connectivity index (χ0) is 15.1. The first-order chi connectivity index (χ1) is 9.41. The van der Waals surface area contributed by atoms with Gasteiger partial charge in [-0.2, -0.15) is 0 Å². The van der Waals surface area contributed by atoms with Gasteiger partial charge in [-0.05, 0) is 52.0 Å². The zero-order valence-electron chi connectivity index (χ0n) is 13.6. The summed E-state index contributed by atoms with van der Waals surface area (Å²) in [5.41, 5.74) is 0. The fourth-order valence-electron chi connectivity index (χ4n) is 2.96. The SMILES string of the molecule is CC(C)CCNC(=O)C(C)N1CCCCC1CC(C)O. The van der Waals surface area contributed by atoms with Crippen LogP contribution in [0.25, 0.3) is 0 Å². The number of aliphatic hydroxyl groups is 1. The first-order valence-corrected chi connectivity index (χ1v) is 8.13. The van der Waals surface area contributed by atoms with Crippen molar-refractivity contribution < 1.29 is 9.90 Å². The van der Waals surface area contributed by atoms with Crippen molar-refractivity contribution in [3.8, 4) is 0 Å². The number of amides is 1. The average molecular weight is 284 g/mol. The van der Waals surface area contributed by atoms with Crippen molar-refractivity contribution in [3.05, 3.63) is 0 Å². The van der Waals surface area contributed by atoms with Crippen LogP contribution in [0.2, 0.25) is 0 Å². The van der Waals surface area contributed by atoms with E-state index in [0.717, 1.165) is 38.8 Å². The molecule has 4 heteroatoms. The molecule has 2 N–H and O–H groups in total. The fourth-order valence-corrected chi connectivity index (χ4v) is 2.96. The van der Waals surface area contributed by atoms with Crippen LogP contribution in [0.5, 0.6) is 0 Å². The Morgan fingerprint density at radius 1 is 1.30 bits per heavy atom. The molecular weight excluding hydrogens is 252 g/mol. The summed E-state index contributed by atoms with van der Waals surface area (Å²) in [6, 6.07) is 0.251. The second kappa shape index (κ2) is 8.63. The number of piperidine rings is 1. The van der Waals surface area contributed by atoms with Gasteiger partial charge < -0.3 is 10.4 Å². The lowest BCUT2D eigenvalue weighted by Crippen LogP contribution is -2.52. The van der Waals surface area contributed by atoms with Gasteiger partial charge in [0.2, 0.25) is 5.91 Å². The minimum absolute atomic E-state index is 0.0915. The monoisotopic (exact) mass is 284 g/mol. The smallest absolute Gasteiger partial charge is 0.237 e. The van der Waals surface area contributed by atoms with Gasteiger partial charge in [0.25, 0.3) is 0 Å². The van der Waals surface area contributed by atoms with Crippen molar-refractivity contribution in [1.82, 2.24) is 10.2 Å². The van der Waals surface area contributed by atoms with E-state index < -0.39 is 0 Å². The van der Waals surface area contributed by atoms with Gasteiger partial charge in [0.1, 0.15) is 0 Å². The summed E-state index contributed by atoms with van der Waals surface area (Å²) in [6.07, 6.45) is 4.94. The van der Waals surface area contributed by atoms with Gasteiger partial charge in [0.05, 0.1) is 12.1 Å². The number of rotatable bonds is 7. The highest BCUT2D eigenvalue weighted by molar-refractivity contribution is 5.81. The Hall–Kier alpha value is -0.610. The summed E-state index contributed by atoms with van der Waals surface area (Å²) < 4.78 is 0. The number of nitrogens with zero attached hydrogens (tertiary/aromatic N) is 1. The van der Waals surface area contributed by atoms with E-state index >= 15 is 0 Å². The van der Waals surface area contributed by atoms with Crippen molar-refractivity contribution >= 4 is 5.91 Å². The molecule has 3 unspecified atom stereocenters. The third-order valence-electron chi connectivity index (χ3n) is 4.18. The van der Waals surface area contributed by atoms with Gasteiger partial charge in [-0.25, -0.2) is 0 Å². The summed E-state index contributed by atoms with van der Waals surface area (Å²) in [6.45, 7) is 9.88. The van der Waals surface area contributed by atoms with Crippen molar-refractivity contribution in [3.63, 3.8) is 0 Å². The van der Waals surface area contributed by atoms with Gasteiger partial charge in [-0.15, -0.1) is 0 Å². The van der Waals surface area contributed by atoms with Crippen LogP contribution in [-0.4, -0.2) is 47.2 Å². The highest BCUT2D eigenvalue weighted by Gasteiger charge is 2.30. The number of aliphatic hydroxyl groups excluding tert-OH is 1. The van der Waals surface area contributed by atoms with E-state index in [2.05, 4.69) is 24.1 Å². The van der Waals surface area contributed by atoms with Crippen molar-refractivity contribution in [2.45, 2.75) is 78.0 Å². The summed E-state index contributed by atoms with van der Waals surface area (Å²) in [5.74, 6) is 0.742. The molecule has 0 aromatic rings. The minimum atomic E-state index is -0.295. The first-order valence-electron chi connectivity index (χ1n) is 8.13. The third-order valence-corrected chi connectivity index (χ3v) is 4.18. The molecule has 0 aromatic carbocycles. The highest BCUT2D eigenvalue weighted by Crippen LogP contribution is 2.23. The molecule has 0 spiro atoms. The molecule has 0 aliphatic carbocycles. The lowest BCUT2D eigenvalue weighted by Gasteiger charge is -2.39. The van der Waals surface area contributed by atoms with E-state index in [4.69, 9.17) is 0 Å². The molecule has 1 aliphatic heterocycles. The molecule has 0 bridgehead atoms. The molecule has 3 atom stereocenters. The van der Waals surface area contributed by atoms with E-state index in [1.54, 1.807) is 0 Å². The van der Waals surface area contributed by atoms with Gasteiger partial charge >= 0.3 is 0 Å². The molecule has 4 nitrogen and oxygen atoms in total. The van der Waals surface area contributed by atoms with Gasteiger partial charge in [-0.1, -0.05) is 20.3 Å². The Kier molecular flexibility index (Phi) is 7.52. The van der Waals surface area contributed by atoms with Crippen molar-refractivity contribution in [1.29, 1.82) is 0 Å². The van der Waals surface area contributed by atoms with Crippen LogP contribution in [0.3, 0.4) is 0 Å². The molecule has 1 saturated heterocycles. The molecule has 1 fully saturated rings. The van der Waals surface area contributed by atoms with Crippen LogP contribution in [0, 0.1) is 5.92 Å². The first kappa shape index (κ1) is 17.4. The predicted molar refractivity (Wildman–Crippen MR) is 82.6 cm³/mol. The number of nitrogens with one attached hydrogen (secondary N) is 1. The Labute approximate surface area is 123 Å². The maximum atomic E-state index is 12.2. The maximum Gasteiger partial charge on any atom is 0.237 e. The molecule has 0 saturated carbocycles. The summed E-state index contributed by atoms with van der Waals surface area (Å²) in [4.78, 5) is 14.5. The standard InChI is InChI=1S/C16H32N2O2/c1-12(2)8-9-17-16(20)14(4)18-10-6-5-7-15(18)11-13(3)19/h12-15,19H,5-11H2,1-4H3,(H,17,20). The van der Waals surface area contributed by atoms with Crippen LogP contribution < -0.4 is 5.32 Å². The molecule has 1 aliphatic rings. The van der Waals surface area contributed by atoms with Crippen LogP contribution in [0.4, 0.5) is 0 Å². The number of likely N-dealkylation sites (tertiary alicyclic amines) is 1. The molecule has 1 amide bonds. The van der Waals surface area contributed by atoms with E-state index in [-0.39, 0.29) is 18.1 Å². The van der Waals surface area contributed by atoms with Crippen molar-refractivity contribution in [2.75, 3.05) is 13.1 Å². The molecule has 1 rings (SSSR count). The second-order valence-electron chi connectivity index (χ2n) is 6.62. The summed E-state index contributed by atoms with van der Waals surface area (Å²) >= 11 is 0. The van der Waals surface area contributed by atoms with Gasteiger partial charge in [0, 0.05) is 12.6 Å². The Morgan fingerprint density at radius 2 is 2.00 bits per heavy atom. The topological polar surface area (TPSA) is 52.6 Å². The average Bonchev–Trinajstić information content (AvgIpc) is 2.37.